The van der Waals surface area contributed by atoms with Crippen molar-refractivity contribution in [1.82, 2.24) is 4.98 Å². The minimum Gasteiger partial charge on any atom is -0.467 e. The molecular formula is C19H11ClN4O6S. The molecule has 4 rings (SSSR count). The van der Waals surface area contributed by atoms with E-state index in [1.807, 2.05) is 0 Å². The summed E-state index contributed by atoms with van der Waals surface area (Å²) in [6.07, 6.45) is 1.44. The van der Waals surface area contributed by atoms with Crippen LogP contribution in [-0.4, -0.2) is 20.7 Å². The fraction of sp³-hybridized carbons (Fsp3) is 0.0526. The number of anilines is 1. The fourth-order valence-electron chi connectivity index (χ4n) is 2.87. The highest BCUT2D eigenvalue weighted by Gasteiger charge is 2.27. The average molecular weight is 459 g/mol. The van der Waals surface area contributed by atoms with Crippen molar-refractivity contribution in [2.45, 2.75) is 6.54 Å². The number of hydrogen-bond donors (Lipinski definition) is 0. The van der Waals surface area contributed by atoms with Crippen LogP contribution in [0.5, 0.6) is 0 Å². The number of furan rings is 1. The number of carbonyl (C=O) groups excluding carboxylic acids is 1. The Kier molecular flexibility index (Phi) is 5.36. The minimum absolute atomic E-state index is 0.0319. The molecular weight excluding hydrogens is 448 g/mol. The van der Waals surface area contributed by atoms with Crippen LogP contribution in [0.1, 0.15) is 16.1 Å². The van der Waals surface area contributed by atoms with E-state index in [2.05, 4.69) is 4.98 Å². The zero-order valence-corrected chi connectivity index (χ0v) is 17.0. The molecule has 12 heteroatoms. The predicted octanol–water partition coefficient (Wildman–Crippen LogP) is 5.21. The van der Waals surface area contributed by atoms with E-state index in [0.717, 1.165) is 22.9 Å². The zero-order chi connectivity index (χ0) is 22.1. The number of fused-ring (bicyclic) bond motifs is 1. The van der Waals surface area contributed by atoms with Gasteiger partial charge in [-0.1, -0.05) is 22.9 Å². The maximum atomic E-state index is 13.3. The van der Waals surface area contributed by atoms with Crippen molar-refractivity contribution in [3.63, 3.8) is 0 Å². The van der Waals surface area contributed by atoms with Gasteiger partial charge in [-0.3, -0.25) is 29.9 Å². The predicted molar refractivity (Wildman–Crippen MR) is 114 cm³/mol. The Morgan fingerprint density at radius 1 is 1.10 bits per heavy atom. The molecule has 0 aliphatic rings. The molecule has 0 N–H and O–H groups in total. The van der Waals surface area contributed by atoms with Gasteiger partial charge in [0.2, 0.25) is 0 Å². The van der Waals surface area contributed by atoms with E-state index in [0.29, 0.717) is 16.3 Å². The summed E-state index contributed by atoms with van der Waals surface area (Å²) < 4.78 is 6.06. The third-order valence-corrected chi connectivity index (χ3v) is 5.56. The Labute approximate surface area is 182 Å². The summed E-state index contributed by atoms with van der Waals surface area (Å²) in [5.74, 6) is -0.265. The van der Waals surface area contributed by atoms with Crippen LogP contribution in [0.15, 0.2) is 59.2 Å². The lowest BCUT2D eigenvalue weighted by atomic mass is 10.1. The number of carbonyl (C=O) groups is 1. The number of nitrogens with zero attached hydrogens (tertiary/aromatic N) is 4. The first-order valence-electron chi connectivity index (χ1n) is 8.66. The Balaban J connectivity index is 1.82. The number of amides is 1. The van der Waals surface area contributed by atoms with Gasteiger partial charge in [0.25, 0.3) is 17.3 Å². The van der Waals surface area contributed by atoms with Crippen LogP contribution in [0.2, 0.25) is 5.02 Å². The van der Waals surface area contributed by atoms with Gasteiger partial charge < -0.3 is 4.42 Å². The maximum Gasteiger partial charge on any atom is 0.277 e. The smallest absolute Gasteiger partial charge is 0.277 e. The Morgan fingerprint density at radius 3 is 2.42 bits per heavy atom. The standard InChI is InChI=1S/C19H11ClN4O6S/c20-12-3-4-16-17(8-12)31-19(21-16)22(10-15-2-1-5-30-15)18(25)11-6-13(23(26)27)9-14(7-11)24(28)29/h1-9H,10H2. The van der Waals surface area contributed by atoms with E-state index in [1.165, 1.54) is 22.5 Å². The van der Waals surface area contributed by atoms with Crippen molar-refractivity contribution < 1.29 is 19.1 Å². The summed E-state index contributed by atoms with van der Waals surface area (Å²) in [6.45, 7) is -0.0319. The van der Waals surface area contributed by atoms with Crippen molar-refractivity contribution in [3.05, 3.63) is 91.4 Å². The average Bonchev–Trinajstić information content (AvgIpc) is 3.40. The molecule has 0 atom stereocenters. The highest BCUT2D eigenvalue weighted by molar-refractivity contribution is 7.22. The number of aromatic nitrogens is 1. The van der Waals surface area contributed by atoms with Crippen molar-refractivity contribution in [2.24, 2.45) is 0 Å². The van der Waals surface area contributed by atoms with Gasteiger partial charge in [0.05, 0.1) is 44.5 Å². The third-order valence-electron chi connectivity index (χ3n) is 4.28. The molecule has 156 valence electrons. The summed E-state index contributed by atoms with van der Waals surface area (Å²) in [4.78, 5) is 39.9. The van der Waals surface area contributed by atoms with Gasteiger partial charge in [-0.05, 0) is 30.3 Å². The number of non-ortho nitro benzene ring substituents is 2. The van der Waals surface area contributed by atoms with Gasteiger partial charge in [0, 0.05) is 17.2 Å². The van der Waals surface area contributed by atoms with Crippen LogP contribution >= 0.6 is 22.9 Å². The number of hydrogen-bond acceptors (Lipinski definition) is 8. The molecule has 0 bridgehead atoms. The molecule has 1 amide bonds. The Morgan fingerprint density at radius 2 is 1.81 bits per heavy atom. The van der Waals surface area contributed by atoms with E-state index >= 15 is 0 Å². The van der Waals surface area contributed by atoms with Gasteiger partial charge in [-0.2, -0.15) is 0 Å². The number of halogens is 1. The Bertz CT molecular complexity index is 1290. The van der Waals surface area contributed by atoms with Crippen LogP contribution in [0.3, 0.4) is 0 Å². The van der Waals surface area contributed by atoms with Crippen molar-refractivity contribution in [3.8, 4) is 0 Å². The molecule has 31 heavy (non-hydrogen) atoms. The topological polar surface area (TPSA) is 133 Å². The van der Waals surface area contributed by atoms with Crippen LogP contribution in [-0.2, 0) is 6.54 Å². The van der Waals surface area contributed by atoms with E-state index < -0.39 is 27.1 Å². The first-order valence-corrected chi connectivity index (χ1v) is 9.85. The van der Waals surface area contributed by atoms with Gasteiger partial charge in [-0.15, -0.1) is 0 Å². The first kappa shape index (κ1) is 20.4. The molecule has 10 nitrogen and oxygen atoms in total. The molecule has 2 aromatic carbocycles. The fourth-order valence-corrected chi connectivity index (χ4v) is 4.11. The van der Waals surface area contributed by atoms with Crippen LogP contribution in [0.25, 0.3) is 10.2 Å². The molecule has 0 radical (unpaired) electrons. The highest BCUT2D eigenvalue weighted by atomic mass is 35.5. The molecule has 0 saturated carbocycles. The highest BCUT2D eigenvalue weighted by Crippen LogP contribution is 2.33. The number of thiazole rings is 1. The minimum atomic E-state index is -0.791. The van der Waals surface area contributed by atoms with Crippen LogP contribution in [0.4, 0.5) is 16.5 Å². The molecule has 0 aliphatic carbocycles. The van der Waals surface area contributed by atoms with Crippen LogP contribution < -0.4 is 4.90 Å². The first-order chi connectivity index (χ1) is 14.8. The lowest BCUT2D eigenvalue weighted by Crippen LogP contribution is -2.30. The van der Waals surface area contributed by atoms with E-state index in [1.54, 1.807) is 30.3 Å². The molecule has 2 aromatic heterocycles. The summed E-state index contributed by atoms with van der Waals surface area (Å²) in [5.41, 5.74) is -0.741. The van der Waals surface area contributed by atoms with Gasteiger partial charge in [-0.25, -0.2) is 4.98 Å². The normalized spacial score (nSPS) is 10.9. The molecule has 0 saturated heterocycles. The second-order valence-corrected chi connectivity index (χ2v) is 7.78. The lowest BCUT2D eigenvalue weighted by Gasteiger charge is -2.18. The van der Waals surface area contributed by atoms with Crippen LogP contribution in [0, 0.1) is 20.2 Å². The quantitative estimate of drug-likeness (QED) is 0.286. The number of rotatable bonds is 6. The van der Waals surface area contributed by atoms with Gasteiger partial charge >= 0.3 is 0 Å². The number of nitro benzene ring substituents is 2. The zero-order valence-electron chi connectivity index (χ0n) is 15.4. The SMILES string of the molecule is O=C(c1cc([N+](=O)[O-])cc([N+](=O)[O-])c1)N(Cc1ccco1)c1nc2ccc(Cl)cc2s1. The molecule has 0 fully saturated rings. The summed E-state index contributed by atoms with van der Waals surface area (Å²) in [5, 5.41) is 23.2. The number of benzene rings is 2. The molecule has 4 aromatic rings. The third kappa shape index (κ3) is 4.22. The van der Waals surface area contributed by atoms with Gasteiger partial charge in [0.1, 0.15) is 5.76 Å². The van der Waals surface area contributed by atoms with Crippen molar-refractivity contribution >= 4 is 55.6 Å². The van der Waals surface area contributed by atoms with Crippen molar-refractivity contribution in [1.29, 1.82) is 0 Å². The molecule has 0 aliphatic heterocycles. The largest absolute Gasteiger partial charge is 0.467 e. The maximum absolute atomic E-state index is 13.3. The molecule has 2 heterocycles. The second kappa shape index (κ2) is 8.13. The van der Waals surface area contributed by atoms with E-state index in [9.17, 15) is 25.0 Å². The number of nitro groups is 2. The lowest BCUT2D eigenvalue weighted by molar-refractivity contribution is -0.394. The summed E-state index contributed by atoms with van der Waals surface area (Å²) >= 11 is 7.22. The van der Waals surface area contributed by atoms with Crippen molar-refractivity contribution in [2.75, 3.05) is 4.90 Å². The summed E-state index contributed by atoms with van der Waals surface area (Å²) in [7, 11) is 0. The second-order valence-electron chi connectivity index (χ2n) is 6.33. The van der Waals surface area contributed by atoms with E-state index in [-0.39, 0.29) is 17.2 Å². The van der Waals surface area contributed by atoms with E-state index in [4.69, 9.17) is 16.0 Å². The summed E-state index contributed by atoms with van der Waals surface area (Å²) in [6, 6.07) is 11.2. The molecule has 0 spiro atoms. The monoisotopic (exact) mass is 458 g/mol. The van der Waals surface area contributed by atoms with Gasteiger partial charge in [0.15, 0.2) is 5.13 Å². The Hall–Kier alpha value is -3.83. The molecule has 0 unspecified atom stereocenters.